The third kappa shape index (κ3) is 30.3. The number of methoxy groups -OCH3 is 1. The molecule has 12 N–H and O–H groups in total. The number of anilines is 7. The van der Waals surface area contributed by atoms with Gasteiger partial charge in [-0.3, -0.25) is 51.8 Å². The van der Waals surface area contributed by atoms with Gasteiger partial charge < -0.3 is 91.0 Å². The Balaban J connectivity index is 0.000000173. The summed E-state index contributed by atoms with van der Waals surface area (Å²) in [6.07, 6.45) is 0. The van der Waals surface area contributed by atoms with Gasteiger partial charge in [-0.25, -0.2) is 19.4 Å². The topological polar surface area (TPSA) is 489 Å². The van der Waals surface area contributed by atoms with E-state index in [1.807, 2.05) is 215 Å². The number of esters is 1. The molecule has 40 heteroatoms. The molecule has 0 aliphatic carbocycles. The van der Waals surface area contributed by atoms with Crippen LogP contribution in [0.4, 0.5) is 39.8 Å². The minimum Gasteiger partial charge on any atom is -0.480 e. The van der Waals surface area contributed by atoms with Crippen LogP contribution in [0, 0.1) is 55.4 Å². The Bertz CT molecular complexity index is 6150. The van der Waals surface area contributed by atoms with E-state index in [0.29, 0.717) is 111 Å². The monoisotopic (exact) mass is 1900 g/mol. The molecule has 4 amide bonds. The van der Waals surface area contributed by atoms with Gasteiger partial charge in [-0.05, 0) is 165 Å². The van der Waals surface area contributed by atoms with Crippen molar-refractivity contribution in [2.45, 2.75) is 81.6 Å². The molecule has 0 atom stereocenters. The maximum Gasteiger partial charge on any atom is 0.394 e. The molecule has 5 fully saturated rings. The Hall–Kier alpha value is -14.8. The van der Waals surface area contributed by atoms with Crippen LogP contribution in [-0.2, 0) is 60.5 Å². The maximum absolute atomic E-state index is 13.0. The van der Waals surface area contributed by atoms with Crippen molar-refractivity contribution < 1.29 is 81.0 Å². The number of carbonyl (C=O) groups excluding carboxylic acids is 5. The van der Waals surface area contributed by atoms with Crippen molar-refractivity contribution in [2.24, 2.45) is 0 Å². The number of rotatable bonds is 19. The largest absolute Gasteiger partial charge is 0.480 e. The number of nitrogens with zero attached hydrogens (tertiary/aromatic N) is 17. The molecule has 137 heavy (non-hydrogen) atoms. The fraction of sp³-hybridized carbons (Fsp3) is 0.351. The van der Waals surface area contributed by atoms with Crippen LogP contribution < -0.4 is 46.2 Å². The van der Waals surface area contributed by atoms with Crippen molar-refractivity contribution in [3.05, 3.63) is 262 Å². The molecule has 728 valence electrons. The second kappa shape index (κ2) is 50.5. The van der Waals surface area contributed by atoms with Crippen LogP contribution in [0.25, 0.3) is 22.4 Å². The third-order valence-corrected chi connectivity index (χ3v) is 22.9. The van der Waals surface area contributed by atoms with Gasteiger partial charge in [0, 0.05) is 178 Å². The number of nitrogen functional groups attached to an aromatic ring is 1. The van der Waals surface area contributed by atoms with E-state index in [9.17, 15) is 43.5 Å². The lowest BCUT2D eigenvalue weighted by Gasteiger charge is -2.37. The predicted molar refractivity (Wildman–Crippen MR) is 525 cm³/mol. The first kappa shape index (κ1) is 104. The average Bonchev–Trinajstić information content (AvgIpc) is 1.68. The Morgan fingerprint density at radius 2 is 0.701 bits per heavy atom. The fourth-order valence-corrected chi connectivity index (χ4v) is 16.2. The third-order valence-electron chi connectivity index (χ3n) is 22.9. The Labute approximate surface area is 795 Å². The standard InChI is InChI=1S/C24H28N6O2.C24H26N6O.C18H22N4O3.C12H16N2O2.C11H14N2O2.C7H10N2O2.CH4O.H2O4S/c1-17-15-18(2)30(27-17)16-23(31)29-13-11-28(12-14-29)22-10-6-3-7-19(22)24(32)26-21-9-5-4-8-20(21)25;1-17-15-18(2)30(27-17)16-23(31)29-13-11-28(12-14-29)22-10-6-3-7-19(22)24-25-20-8-4-5-9-21(20)26-24;1-13-11-14(2)22(19-13)12-17(23)21-9-7-20(8-10-21)16-6-4-3-5-15(16)18(24)25;1-16-12(15)10-4-2-3-5-11(10)14-8-6-13-7-9-14;14-11(15)9-3-1-2-4-10(9)13-7-5-12-6-8-13;1-5-3-6(2)9(8-5)4-7(10)11;1-2;1-5(2,3)4/h3-10,15H,11-14,16,25H2,1-2H3,(H,26,32);3-10,15H,11-14,16H2,1-2H3,(H,25,26);3-6,11H,7-10,12H2,1-2H3,(H,24,25);2-5,13H,6-9H2,1H3;1-4,12H,5-8H2,(H,14,15);3H,4H2,1-2H3,(H,10,11);2H,1H3;(H2,1,2,3,4). The van der Waals surface area contributed by atoms with Gasteiger partial charge in [-0.2, -0.15) is 28.8 Å². The molecule has 0 spiro atoms. The van der Waals surface area contributed by atoms with Crippen LogP contribution in [0.5, 0.6) is 0 Å². The Morgan fingerprint density at radius 3 is 1.06 bits per heavy atom. The molecule has 0 radical (unpaired) electrons. The van der Waals surface area contributed by atoms with E-state index in [-0.39, 0.29) is 49.2 Å². The number of carboxylic acids is 3. The number of piperazine rings is 5. The number of aliphatic hydroxyl groups excluding tert-OH is 1. The van der Waals surface area contributed by atoms with Crippen LogP contribution >= 0.6 is 0 Å². The van der Waals surface area contributed by atoms with E-state index in [2.05, 4.69) is 79.1 Å². The number of H-pyrrole nitrogens is 1. The molecule has 10 heterocycles. The van der Waals surface area contributed by atoms with Crippen LogP contribution in [0.15, 0.2) is 194 Å². The number of aromatic amines is 1. The smallest absolute Gasteiger partial charge is 0.394 e. The molecule has 39 nitrogen and oxygen atoms in total. The normalized spacial score (nSPS) is 14.1. The summed E-state index contributed by atoms with van der Waals surface area (Å²) in [5.41, 5.74) is 24.0. The first-order valence-corrected chi connectivity index (χ1v) is 46.1. The zero-order valence-electron chi connectivity index (χ0n) is 78.7. The zero-order chi connectivity index (χ0) is 99.0. The van der Waals surface area contributed by atoms with Crippen molar-refractivity contribution in [2.75, 3.05) is 181 Å². The number of amides is 4. The molecular formula is C97H122N22O17S. The number of aromatic carboxylic acids is 2. The van der Waals surface area contributed by atoms with Crippen LogP contribution in [0.2, 0.25) is 0 Å². The molecule has 7 aromatic carbocycles. The fourth-order valence-electron chi connectivity index (χ4n) is 16.2. The Morgan fingerprint density at radius 1 is 0.394 bits per heavy atom. The van der Waals surface area contributed by atoms with Gasteiger partial charge >= 0.3 is 34.3 Å². The van der Waals surface area contributed by atoms with Crippen molar-refractivity contribution in [1.29, 1.82) is 0 Å². The molecule has 5 aliphatic heterocycles. The number of aliphatic carboxylic acids is 1. The van der Waals surface area contributed by atoms with Crippen molar-refractivity contribution in [3.8, 4) is 11.4 Å². The maximum atomic E-state index is 13.0. The summed E-state index contributed by atoms with van der Waals surface area (Å²) in [7, 11) is -2.25. The number of benzene rings is 7. The van der Waals surface area contributed by atoms with Crippen LogP contribution in [-0.4, -0.2) is 294 Å². The van der Waals surface area contributed by atoms with E-state index < -0.39 is 28.3 Å². The van der Waals surface area contributed by atoms with Gasteiger partial charge in [-0.15, -0.1) is 0 Å². The molecule has 5 aliphatic rings. The molecule has 0 saturated carbocycles. The first-order valence-electron chi connectivity index (χ1n) is 44.7. The number of para-hydroxylation sites is 9. The van der Waals surface area contributed by atoms with Gasteiger partial charge in [0.1, 0.15) is 32.0 Å². The summed E-state index contributed by atoms with van der Waals surface area (Å²) in [6, 6.07) is 60.6. The zero-order valence-corrected chi connectivity index (χ0v) is 79.5. The lowest BCUT2D eigenvalue weighted by atomic mass is 10.1. The number of hydrogen-bond acceptors (Lipinski definition) is 25. The van der Waals surface area contributed by atoms with Gasteiger partial charge in [0.2, 0.25) is 17.7 Å². The second-order valence-corrected chi connectivity index (χ2v) is 33.5. The van der Waals surface area contributed by atoms with Crippen molar-refractivity contribution in [3.63, 3.8) is 0 Å². The SMILES string of the molecule is CO.COC(=O)c1ccccc1N1CCNCC1.Cc1cc(C)n(CC(=O)N2CCN(c3ccccc3-c3nc4ccccc4[nH]3)CC2)n1.Cc1cc(C)n(CC(=O)N2CCN(c3ccccc3C(=O)Nc3ccccc3N)CC2)n1.Cc1cc(C)n(CC(=O)N2CCN(c3ccccc3C(=O)O)CC2)n1.Cc1cc(C)n(CC(=O)O)n1.O=C(O)c1ccccc1N1CCNCC1.O=S(=O)(O)O. The minimum absolute atomic E-state index is 0.0392. The lowest BCUT2D eigenvalue weighted by Crippen LogP contribution is -2.50. The van der Waals surface area contributed by atoms with Crippen molar-refractivity contribution >= 4 is 109 Å². The number of aromatic nitrogens is 10. The molecule has 0 bridgehead atoms. The van der Waals surface area contributed by atoms with Gasteiger partial charge in [-0.1, -0.05) is 84.9 Å². The van der Waals surface area contributed by atoms with E-state index in [0.717, 1.165) is 163 Å². The highest BCUT2D eigenvalue weighted by Crippen LogP contribution is 2.33. The average molecular weight is 1900 g/mol. The van der Waals surface area contributed by atoms with E-state index >= 15 is 0 Å². The number of hydrogen-bond donors (Lipinski definition) is 11. The summed E-state index contributed by atoms with van der Waals surface area (Å²) in [5, 5.41) is 60.4. The number of fused-ring (bicyclic) bond motifs is 1. The van der Waals surface area contributed by atoms with E-state index in [1.54, 1.807) is 50.4 Å². The number of nitrogens with one attached hydrogen (secondary N) is 4. The summed E-state index contributed by atoms with van der Waals surface area (Å²) < 4.78 is 43.1. The second-order valence-electron chi connectivity index (χ2n) is 32.6. The molecular weight excluding hydrogens is 1780 g/mol. The van der Waals surface area contributed by atoms with Crippen LogP contribution in [0.3, 0.4) is 0 Å². The molecule has 12 aromatic rings. The summed E-state index contributed by atoms with van der Waals surface area (Å²) >= 11 is 0. The molecule has 17 rings (SSSR count). The van der Waals surface area contributed by atoms with Crippen LogP contribution in [0.1, 0.15) is 87.0 Å². The minimum atomic E-state index is -4.67. The highest BCUT2D eigenvalue weighted by Gasteiger charge is 2.30. The number of imidazole rings is 1. The Kier molecular flexibility index (Phi) is 38.4. The summed E-state index contributed by atoms with van der Waals surface area (Å²) in [6.45, 7) is 31.3. The molecule has 5 saturated heterocycles. The van der Waals surface area contributed by atoms with Gasteiger partial charge in [0.15, 0.2) is 0 Å². The van der Waals surface area contributed by atoms with Gasteiger partial charge in [0.25, 0.3) is 5.91 Å². The predicted octanol–water partition coefficient (Wildman–Crippen LogP) is 8.84. The van der Waals surface area contributed by atoms with Crippen molar-refractivity contribution in [1.82, 2.24) is 74.4 Å². The summed E-state index contributed by atoms with van der Waals surface area (Å²) in [5.74, 6) is -2.04. The highest BCUT2D eigenvalue weighted by atomic mass is 32.3. The number of aliphatic hydroxyl groups is 1. The lowest BCUT2D eigenvalue weighted by molar-refractivity contribution is -0.138. The highest BCUT2D eigenvalue weighted by molar-refractivity contribution is 7.79. The number of ether oxygens (including phenoxy) is 1. The molecule has 5 aromatic heterocycles. The van der Waals surface area contributed by atoms with E-state index in [4.69, 9.17) is 48.3 Å². The number of carboxylic acid groups (broad SMARTS) is 3. The quantitative estimate of drug-likeness (QED) is 0.0204. The number of nitrogens with two attached hydrogens (primary N) is 1. The summed E-state index contributed by atoms with van der Waals surface area (Å²) in [4.78, 5) is 120. The van der Waals surface area contributed by atoms with E-state index in [1.165, 1.54) is 11.8 Å². The van der Waals surface area contributed by atoms with Gasteiger partial charge in [0.05, 0.1) is 91.6 Å². The number of aryl methyl sites for hydroxylation is 8. The number of carbonyl (C=O) groups is 8. The molecule has 0 unspecified atom stereocenters. The first-order chi connectivity index (χ1) is 65.7.